The Morgan fingerprint density at radius 3 is 2.34 bits per heavy atom. The quantitative estimate of drug-likeness (QED) is 0.397. The molecule has 0 saturated carbocycles. The maximum Gasteiger partial charge on any atom is 0.256 e. The van der Waals surface area contributed by atoms with E-state index in [0.717, 1.165) is 0 Å². The van der Waals surface area contributed by atoms with Crippen LogP contribution in [0.5, 0.6) is 5.75 Å². The number of benzene rings is 3. The highest BCUT2D eigenvalue weighted by molar-refractivity contribution is 9.10. The van der Waals surface area contributed by atoms with Gasteiger partial charge in [0.2, 0.25) is 5.78 Å². The average molecular weight is 450 g/mol. The van der Waals surface area contributed by atoms with Gasteiger partial charge in [-0.1, -0.05) is 24.3 Å². The molecule has 1 amide bonds. The van der Waals surface area contributed by atoms with Gasteiger partial charge in [-0.3, -0.25) is 9.59 Å². The van der Waals surface area contributed by atoms with Crippen LogP contribution in [0.3, 0.4) is 0 Å². The molecule has 1 N–H and O–H groups in total. The number of amides is 1. The molecule has 0 fully saturated rings. The second-order valence-corrected chi connectivity index (χ2v) is 7.15. The van der Waals surface area contributed by atoms with Gasteiger partial charge in [-0.25, -0.2) is 0 Å². The molecular weight excluding hydrogens is 434 g/mol. The average Bonchev–Trinajstić information content (AvgIpc) is 3.12. The highest BCUT2D eigenvalue weighted by Gasteiger charge is 2.24. The van der Waals surface area contributed by atoms with Crippen molar-refractivity contribution in [3.63, 3.8) is 0 Å². The highest BCUT2D eigenvalue weighted by atomic mass is 79.9. The zero-order chi connectivity index (χ0) is 20.4. The molecule has 0 unspecified atom stereocenters. The van der Waals surface area contributed by atoms with E-state index in [0.29, 0.717) is 38.0 Å². The second-order valence-electron chi connectivity index (χ2n) is 6.29. The van der Waals surface area contributed by atoms with Gasteiger partial charge in [-0.05, 0) is 64.5 Å². The van der Waals surface area contributed by atoms with Crippen LogP contribution in [0.25, 0.3) is 11.0 Å². The van der Waals surface area contributed by atoms with E-state index in [9.17, 15) is 9.59 Å². The van der Waals surface area contributed by atoms with E-state index < -0.39 is 0 Å². The van der Waals surface area contributed by atoms with E-state index in [4.69, 9.17) is 9.15 Å². The molecular formula is C23H16BrNO4. The first kappa shape index (κ1) is 19.0. The SMILES string of the molecule is COc1ccc(C(=O)c2oc3ccccc3c2NC(=O)c2ccccc2Br)cc1. The summed E-state index contributed by atoms with van der Waals surface area (Å²) in [6.07, 6.45) is 0. The topological polar surface area (TPSA) is 68.5 Å². The van der Waals surface area contributed by atoms with Crippen molar-refractivity contribution in [2.45, 2.75) is 0 Å². The van der Waals surface area contributed by atoms with Gasteiger partial charge in [0.15, 0.2) is 5.76 Å². The molecule has 0 aliphatic heterocycles. The number of hydrogen-bond donors (Lipinski definition) is 1. The van der Waals surface area contributed by atoms with Crippen molar-refractivity contribution in [3.05, 3.63) is 94.2 Å². The summed E-state index contributed by atoms with van der Waals surface area (Å²) in [6.45, 7) is 0. The number of hydrogen-bond acceptors (Lipinski definition) is 4. The first-order valence-electron chi connectivity index (χ1n) is 8.84. The van der Waals surface area contributed by atoms with E-state index in [1.165, 1.54) is 0 Å². The first-order chi connectivity index (χ1) is 14.1. The molecule has 144 valence electrons. The third kappa shape index (κ3) is 3.67. The Morgan fingerprint density at radius 1 is 0.931 bits per heavy atom. The Bertz CT molecular complexity index is 1210. The number of carbonyl (C=O) groups excluding carboxylic acids is 2. The largest absolute Gasteiger partial charge is 0.497 e. The Morgan fingerprint density at radius 2 is 1.62 bits per heavy atom. The van der Waals surface area contributed by atoms with Gasteiger partial charge in [-0.15, -0.1) is 0 Å². The molecule has 1 aromatic heterocycles. The molecule has 0 bridgehead atoms. The van der Waals surface area contributed by atoms with Crippen LogP contribution in [0.15, 0.2) is 81.7 Å². The number of furan rings is 1. The van der Waals surface area contributed by atoms with E-state index >= 15 is 0 Å². The lowest BCUT2D eigenvalue weighted by molar-refractivity contribution is 0.101. The highest BCUT2D eigenvalue weighted by Crippen LogP contribution is 2.33. The number of carbonyl (C=O) groups is 2. The van der Waals surface area contributed by atoms with Crippen molar-refractivity contribution in [3.8, 4) is 5.75 Å². The van der Waals surface area contributed by atoms with Crippen LogP contribution in [-0.4, -0.2) is 18.8 Å². The lowest BCUT2D eigenvalue weighted by Crippen LogP contribution is -2.14. The number of methoxy groups -OCH3 is 1. The molecule has 0 saturated heterocycles. The first-order valence-corrected chi connectivity index (χ1v) is 9.64. The van der Waals surface area contributed by atoms with Crippen LogP contribution in [-0.2, 0) is 0 Å². The summed E-state index contributed by atoms with van der Waals surface area (Å²) in [5.41, 5.74) is 1.76. The number of halogens is 1. The van der Waals surface area contributed by atoms with Crippen LogP contribution >= 0.6 is 15.9 Å². The summed E-state index contributed by atoms with van der Waals surface area (Å²) >= 11 is 3.39. The van der Waals surface area contributed by atoms with Crippen molar-refractivity contribution in [2.75, 3.05) is 12.4 Å². The number of anilines is 1. The normalized spacial score (nSPS) is 10.7. The Balaban J connectivity index is 1.77. The predicted octanol–water partition coefficient (Wildman–Crippen LogP) is 5.69. The van der Waals surface area contributed by atoms with Gasteiger partial charge in [0.25, 0.3) is 5.91 Å². The lowest BCUT2D eigenvalue weighted by atomic mass is 10.1. The van der Waals surface area contributed by atoms with Gasteiger partial charge < -0.3 is 14.5 Å². The van der Waals surface area contributed by atoms with Crippen molar-refractivity contribution >= 4 is 44.3 Å². The van der Waals surface area contributed by atoms with E-state index in [1.807, 2.05) is 18.2 Å². The molecule has 4 rings (SSSR count). The van der Waals surface area contributed by atoms with Crippen molar-refractivity contribution in [1.29, 1.82) is 0 Å². The molecule has 0 aliphatic carbocycles. The zero-order valence-electron chi connectivity index (χ0n) is 15.4. The Kier molecular flexibility index (Phi) is 5.18. The molecule has 0 radical (unpaired) electrons. The van der Waals surface area contributed by atoms with Gasteiger partial charge in [-0.2, -0.15) is 0 Å². The number of ketones is 1. The third-order valence-electron chi connectivity index (χ3n) is 4.51. The number of rotatable bonds is 5. The second kappa shape index (κ2) is 7.93. The Labute approximate surface area is 175 Å². The fraction of sp³-hybridized carbons (Fsp3) is 0.0435. The summed E-state index contributed by atoms with van der Waals surface area (Å²) in [6, 6.07) is 21.0. The zero-order valence-corrected chi connectivity index (χ0v) is 17.0. The summed E-state index contributed by atoms with van der Waals surface area (Å²) in [7, 11) is 1.56. The minimum atomic E-state index is -0.340. The van der Waals surface area contributed by atoms with E-state index in [-0.39, 0.29) is 17.5 Å². The maximum atomic E-state index is 13.1. The number of ether oxygens (including phenoxy) is 1. The molecule has 4 aromatic rings. The van der Waals surface area contributed by atoms with Gasteiger partial charge in [0.05, 0.1) is 18.4 Å². The fourth-order valence-electron chi connectivity index (χ4n) is 3.03. The smallest absolute Gasteiger partial charge is 0.256 e. The van der Waals surface area contributed by atoms with Crippen molar-refractivity contribution in [2.24, 2.45) is 0 Å². The van der Waals surface area contributed by atoms with Crippen LogP contribution in [0, 0.1) is 0 Å². The molecule has 3 aromatic carbocycles. The minimum absolute atomic E-state index is 0.0803. The summed E-state index contributed by atoms with van der Waals surface area (Å²) in [5.74, 6) is 0.0597. The van der Waals surface area contributed by atoms with Gasteiger partial charge in [0, 0.05) is 15.4 Å². The molecule has 0 spiro atoms. The molecule has 0 atom stereocenters. The van der Waals surface area contributed by atoms with Crippen molar-refractivity contribution < 1.29 is 18.7 Å². The molecule has 29 heavy (non-hydrogen) atoms. The lowest BCUT2D eigenvalue weighted by Gasteiger charge is -2.08. The van der Waals surface area contributed by atoms with E-state index in [1.54, 1.807) is 61.7 Å². The van der Waals surface area contributed by atoms with E-state index in [2.05, 4.69) is 21.2 Å². The summed E-state index contributed by atoms with van der Waals surface area (Å²) in [4.78, 5) is 26.0. The maximum absolute atomic E-state index is 13.1. The molecule has 0 aliphatic rings. The Hall–Kier alpha value is -3.38. The number of nitrogens with one attached hydrogen (secondary N) is 1. The van der Waals surface area contributed by atoms with Gasteiger partial charge >= 0.3 is 0 Å². The summed E-state index contributed by atoms with van der Waals surface area (Å²) in [5, 5.41) is 3.51. The molecule has 1 heterocycles. The number of para-hydroxylation sites is 1. The van der Waals surface area contributed by atoms with Gasteiger partial charge in [0.1, 0.15) is 11.3 Å². The monoisotopic (exact) mass is 449 g/mol. The van der Waals surface area contributed by atoms with Crippen LogP contribution in [0.1, 0.15) is 26.5 Å². The van der Waals surface area contributed by atoms with Crippen LogP contribution in [0.2, 0.25) is 0 Å². The van der Waals surface area contributed by atoms with Crippen LogP contribution < -0.4 is 10.1 Å². The fourth-order valence-corrected chi connectivity index (χ4v) is 3.49. The van der Waals surface area contributed by atoms with Crippen molar-refractivity contribution in [1.82, 2.24) is 0 Å². The third-order valence-corrected chi connectivity index (χ3v) is 5.20. The molecule has 6 heteroatoms. The predicted molar refractivity (Wildman–Crippen MR) is 115 cm³/mol. The standard InChI is InChI=1S/C23H16BrNO4/c1-28-15-12-10-14(11-13-15)21(26)22-20(17-7-3-5-9-19(17)29-22)25-23(27)16-6-2-4-8-18(16)24/h2-13H,1H3,(H,25,27). The minimum Gasteiger partial charge on any atom is -0.497 e. The summed E-state index contributed by atoms with van der Waals surface area (Å²) < 4.78 is 11.6. The number of fused-ring (bicyclic) bond motifs is 1. The molecule has 5 nitrogen and oxygen atoms in total. The van der Waals surface area contributed by atoms with Crippen LogP contribution in [0.4, 0.5) is 5.69 Å².